The van der Waals surface area contributed by atoms with Gasteiger partial charge in [0, 0.05) is 12.1 Å². The zero-order valence-corrected chi connectivity index (χ0v) is 14.8. The first-order chi connectivity index (χ1) is 12.1. The van der Waals surface area contributed by atoms with Gasteiger partial charge in [0.15, 0.2) is 0 Å². The molecule has 0 unspecified atom stereocenters. The molecule has 3 rings (SSSR count). The molecule has 2 heterocycles. The summed E-state index contributed by atoms with van der Waals surface area (Å²) in [6, 6.07) is 6.26. The summed E-state index contributed by atoms with van der Waals surface area (Å²) in [6.45, 7) is 3.36. The molecule has 0 bridgehead atoms. The van der Waals surface area contributed by atoms with Gasteiger partial charge in [-0.25, -0.2) is 13.1 Å². The molecule has 1 aliphatic heterocycles. The van der Waals surface area contributed by atoms with Crippen molar-refractivity contribution in [2.45, 2.75) is 24.8 Å². The lowest BCUT2D eigenvalue weighted by Crippen LogP contribution is -2.30. The van der Waals surface area contributed by atoms with Crippen LogP contribution >= 0.6 is 0 Å². The van der Waals surface area contributed by atoms with Crippen LogP contribution in [0.1, 0.15) is 34.6 Å². The van der Waals surface area contributed by atoms with E-state index in [1.165, 1.54) is 24.3 Å². The maximum Gasteiger partial charge on any atom is 0.262 e. The number of nitrogens with one attached hydrogen (secondary N) is 2. The van der Waals surface area contributed by atoms with Crippen LogP contribution in [0.15, 0.2) is 40.0 Å². The molecule has 2 aromatic rings. The largest absolute Gasteiger partial charge is 0.384 e. The van der Waals surface area contributed by atoms with Gasteiger partial charge in [-0.05, 0) is 32.0 Å². The molecule has 4 N–H and O–H groups in total. The number of sulfonamides is 1. The molecule has 1 aromatic heterocycles. The molecule has 1 aromatic carbocycles. The van der Waals surface area contributed by atoms with Gasteiger partial charge in [0.2, 0.25) is 10.0 Å². The standard InChI is InChI=1S/C16H16N4O5S/c1-8(2)19-26(24,25)10-5-3-4-9(6-10)20-12(21)7-11-13(14(20)17)16(23)18-15(11)22/h3-8,19H,17H2,1-2H3,(H,18,22,23). The third kappa shape index (κ3) is 2.89. The minimum absolute atomic E-state index is 0.0592. The molecule has 9 nitrogen and oxygen atoms in total. The number of carbonyl (C=O) groups excluding carboxylic acids is 2. The van der Waals surface area contributed by atoms with E-state index in [2.05, 4.69) is 10.0 Å². The van der Waals surface area contributed by atoms with E-state index in [-0.39, 0.29) is 33.6 Å². The molecule has 10 heteroatoms. The summed E-state index contributed by atoms with van der Waals surface area (Å²) in [7, 11) is -3.79. The van der Waals surface area contributed by atoms with E-state index >= 15 is 0 Å². The molecular weight excluding hydrogens is 360 g/mol. The van der Waals surface area contributed by atoms with Gasteiger partial charge in [-0.2, -0.15) is 0 Å². The van der Waals surface area contributed by atoms with Gasteiger partial charge in [-0.3, -0.25) is 24.3 Å². The molecular formula is C16H16N4O5S. The summed E-state index contributed by atoms with van der Waals surface area (Å²) in [6.07, 6.45) is 0. The molecule has 26 heavy (non-hydrogen) atoms. The van der Waals surface area contributed by atoms with Gasteiger partial charge in [0.05, 0.1) is 21.7 Å². The molecule has 0 saturated carbocycles. The van der Waals surface area contributed by atoms with E-state index in [1.54, 1.807) is 13.8 Å². The average Bonchev–Trinajstić information content (AvgIpc) is 2.80. The number of imide groups is 1. The predicted molar refractivity (Wildman–Crippen MR) is 93.7 cm³/mol. The van der Waals surface area contributed by atoms with Crippen LogP contribution in [-0.2, 0) is 10.0 Å². The molecule has 0 saturated heterocycles. The van der Waals surface area contributed by atoms with Crippen LogP contribution in [0.25, 0.3) is 5.69 Å². The van der Waals surface area contributed by atoms with E-state index in [4.69, 9.17) is 5.73 Å². The Morgan fingerprint density at radius 1 is 1.12 bits per heavy atom. The van der Waals surface area contributed by atoms with Crippen molar-refractivity contribution in [1.82, 2.24) is 14.6 Å². The van der Waals surface area contributed by atoms with Crippen LogP contribution in [0.4, 0.5) is 5.82 Å². The zero-order valence-electron chi connectivity index (χ0n) is 13.9. The summed E-state index contributed by atoms with van der Waals surface area (Å²) >= 11 is 0. The van der Waals surface area contributed by atoms with Crippen molar-refractivity contribution < 1.29 is 18.0 Å². The fourth-order valence-corrected chi connectivity index (χ4v) is 4.00. The van der Waals surface area contributed by atoms with Gasteiger partial charge in [0.1, 0.15) is 5.82 Å². The van der Waals surface area contributed by atoms with Gasteiger partial charge in [-0.1, -0.05) is 6.07 Å². The van der Waals surface area contributed by atoms with Crippen molar-refractivity contribution in [3.8, 4) is 5.69 Å². The number of nitrogen functional groups attached to an aromatic ring is 1. The number of nitrogens with two attached hydrogens (primary N) is 1. The Morgan fingerprint density at radius 2 is 1.81 bits per heavy atom. The lowest BCUT2D eigenvalue weighted by atomic mass is 10.1. The monoisotopic (exact) mass is 376 g/mol. The van der Waals surface area contributed by atoms with Crippen LogP contribution in [0, 0.1) is 0 Å². The van der Waals surface area contributed by atoms with E-state index in [0.29, 0.717) is 0 Å². The fourth-order valence-electron chi connectivity index (χ4n) is 2.71. The highest BCUT2D eigenvalue weighted by molar-refractivity contribution is 7.89. The minimum atomic E-state index is -3.79. The predicted octanol–water partition coefficient (Wildman–Crippen LogP) is -0.01000. The number of hydrogen-bond acceptors (Lipinski definition) is 6. The Labute approximate surface area is 148 Å². The number of rotatable bonds is 4. The highest BCUT2D eigenvalue weighted by Gasteiger charge is 2.32. The summed E-state index contributed by atoms with van der Waals surface area (Å²) < 4.78 is 28.1. The van der Waals surface area contributed by atoms with E-state index in [0.717, 1.165) is 10.6 Å². The summed E-state index contributed by atoms with van der Waals surface area (Å²) in [5.41, 5.74) is 5.24. The van der Waals surface area contributed by atoms with Gasteiger partial charge >= 0.3 is 0 Å². The van der Waals surface area contributed by atoms with Crippen molar-refractivity contribution in [3.05, 3.63) is 51.8 Å². The highest BCUT2D eigenvalue weighted by Crippen LogP contribution is 2.24. The number of benzene rings is 1. The first-order valence-corrected chi connectivity index (χ1v) is 9.14. The number of nitrogens with zero attached hydrogens (tertiary/aromatic N) is 1. The maximum absolute atomic E-state index is 12.4. The third-order valence-corrected chi connectivity index (χ3v) is 5.39. The van der Waals surface area contributed by atoms with Crippen molar-refractivity contribution in [3.63, 3.8) is 0 Å². The second-order valence-electron chi connectivity index (χ2n) is 6.05. The minimum Gasteiger partial charge on any atom is -0.384 e. The number of carbonyl (C=O) groups is 2. The molecule has 1 aliphatic rings. The second-order valence-corrected chi connectivity index (χ2v) is 7.76. The van der Waals surface area contributed by atoms with Gasteiger partial charge in [-0.15, -0.1) is 0 Å². The van der Waals surface area contributed by atoms with Crippen molar-refractivity contribution in [2.24, 2.45) is 0 Å². The van der Waals surface area contributed by atoms with Crippen LogP contribution in [0.3, 0.4) is 0 Å². The number of anilines is 1. The SMILES string of the molecule is CC(C)NS(=O)(=O)c1cccc(-n2c(N)c3c(cc2=O)C(=O)NC3=O)c1. The number of fused-ring (bicyclic) bond motifs is 1. The van der Waals surface area contributed by atoms with Crippen LogP contribution in [-0.4, -0.2) is 30.8 Å². The summed E-state index contributed by atoms with van der Waals surface area (Å²) in [5.74, 6) is -1.64. The number of pyridine rings is 1. The van der Waals surface area contributed by atoms with E-state index in [1.807, 2.05) is 0 Å². The van der Waals surface area contributed by atoms with Gasteiger partial charge < -0.3 is 5.73 Å². The number of amides is 2. The molecule has 0 atom stereocenters. The first-order valence-electron chi connectivity index (χ1n) is 7.66. The molecule has 0 radical (unpaired) electrons. The molecule has 0 aliphatic carbocycles. The quantitative estimate of drug-likeness (QED) is 0.641. The van der Waals surface area contributed by atoms with Crippen LogP contribution in [0.5, 0.6) is 0 Å². The molecule has 136 valence electrons. The normalized spacial score (nSPS) is 13.8. The zero-order chi connectivity index (χ0) is 19.2. The number of hydrogen-bond donors (Lipinski definition) is 3. The third-order valence-electron chi connectivity index (χ3n) is 3.73. The summed E-state index contributed by atoms with van der Waals surface area (Å²) in [4.78, 5) is 36.0. The topological polar surface area (TPSA) is 140 Å². The van der Waals surface area contributed by atoms with Crippen LogP contribution < -0.4 is 21.3 Å². The van der Waals surface area contributed by atoms with E-state index < -0.39 is 27.4 Å². The second kappa shape index (κ2) is 6.07. The Morgan fingerprint density at radius 3 is 2.46 bits per heavy atom. The van der Waals surface area contributed by atoms with Crippen molar-refractivity contribution in [1.29, 1.82) is 0 Å². The lowest BCUT2D eigenvalue weighted by molar-refractivity contribution is 0.0880. The van der Waals surface area contributed by atoms with Gasteiger partial charge in [0.25, 0.3) is 17.4 Å². The summed E-state index contributed by atoms with van der Waals surface area (Å²) in [5, 5.41) is 2.07. The van der Waals surface area contributed by atoms with E-state index in [9.17, 15) is 22.8 Å². The molecule has 2 amide bonds. The molecule has 0 fully saturated rings. The Bertz CT molecular complexity index is 1100. The maximum atomic E-state index is 12.4. The smallest absolute Gasteiger partial charge is 0.262 e. The average molecular weight is 376 g/mol. The van der Waals surface area contributed by atoms with Crippen molar-refractivity contribution in [2.75, 3.05) is 5.73 Å². The van der Waals surface area contributed by atoms with Crippen LogP contribution in [0.2, 0.25) is 0 Å². The number of aromatic nitrogens is 1. The highest BCUT2D eigenvalue weighted by atomic mass is 32.2. The Balaban J connectivity index is 2.20. The van der Waals surface area contributed by atoms with Crippen molar-refractivity contribution >= 4 is 27.7 Å². The first kappa shape index (κ1) is 17.8. The Kier molecular flexibility index (Phi) is 4.17. The molecule has 0 spiro atoms. The Hall–Kier alpha value is -2.98. The lowest BCUT2D eigenvalue weighted by Gasteiger charge is -2.14. The fraction of sp³-hybridized carbons (Fsp3) is 0.188.